The lowest BCUT2D eigenvalue weighted by Crippen LogP contribution is -2.57. The van der Waals surface area contributed by atoms with Crippen molar-refractivity contribution in [3.05, 3.63) is 0 Å². The van der Waals surface area contributed by atoms with Crippen molar-refractivity contribution in [1.82, 2.24) is 34.5 Å². The molecule has 0 fully saturated rings. The van der Waals surface area contributed by atoms with E-state index in [1.807, 2.05) is 55.4 Å². The SMILES string of the molecule is C.CC(C)C(=O)N(C(C)C)N(C(=O)C(C)C)C(C)C.CC(C)N(CCN(C(C)C)C(C)C)C(C)C.CC(C)N(CCN(C(C)C)C(C)C)CCN(C(C)C)C(C)C. The molecule has 0 aromatic rings. The molecule has 346 valence electrons. The summed E-state index contributed by atoms with van der Waals surface area (Å²) in [6, 6.07) is 5.62. The van der Waals surface area contributed by atoms with Gasteiger partial charge in [0, 0.05) is 118 Å². The highest BCUT2D eigenvalue weighted by molar-refractivity contribution is 5.84. The standard InChI is InChI=1S/C19H43N3.C14H28N2O2.C14H32N2.CH4/c1-15(2)20(11-13-21(16(3)4)17(5)6)12-14-22(18(7)8)19(9)10;1-9(2)13(17)15(11(5)6)16(12(7)8)14(18)10(3)4;1-11(2)15(12(3)4)9-10-16(13(5)6)14(7)8;/h15-19H,11-14H2,1-10H3;9-12H,1-8H3;11-14H,9-10H2,1-8H3;1H4. The van der Waals surface area contributed by atoms with E-state index in [9.17, 15) is 9.59 Å². The van der Waals surface area contributed by atoms with Gasteiger partial charge in [0.1, 0.15) is 0 Å². The molecule has 0 atom stereocenters. The van der Waals surface area contributed by atoms with Crippen LogP contribution in [0.3, 0.4) is 0 Å². The first-order valence-corrected chi connectivity index (χ1v) is 22.9. The lowest BCUT2D eigenvalue weighted by atomic mass is 10.1. The Morgan fingerprint density at radius 3 is 0.579 bits per heavy atom. The highest BCUT2D eigenvalue weighted by Crippen LogP contribution is 2.17. The van der Waals surface area contributed by atoms with Crippen molar-refractivity contribution in [2.45, 2.75) is 254 Å². The average Bonchev–Trinajstić information content (AvgIpc) is 3.02. The minimum Gasteiger partial charge on any atom is -0.298 e. The molecule has 0 bridgehead atoms. The van der Waals surface area contributed by atoms with E-state index >= 15 is 0 Å². The van der Waals surface area contributed by atoms with E-state index in [1.165, 1.54) is 13.1 Å². The van der Waals surface area contributed by atoms with E-state index in [4.69, 9.17) is 0 Å². The monoisotopic (exact) mass is 814 g/mol. The third kappa shape index (κ3) is 25.2. The second-order valence-electron chi connectivity index (χ2n) is 19.7. The fourth-order valence-electron chi connectivity index (χ4n) is 7.55. The van der Waals surface area contributed by atoms with Gasteiger partial charge < -0.3 is 0 Å². The van der Waals surface area contributed by atoms with Crippen molar-refractivity contribution in [1.29, 1.82) is 0 Å². The van der Waals surface area contributed by atoms with E-state index < -0.39 is 0 Å². The first kappa shape index (κ1) is 62.4. The van der Waals surface area contributed by atoms with Gasteiger partial charge in [0.2, 0.25) is 11.8 Å². The summed E-state index contributed by atoms with van der Waals surface area (Å²) in [4.78, 5) is 37.5. The second kappa shape index (κ2) is 31.6. The van der Waals surface area contributed by atoms with Crippen LogP contribution >= 0.6 is 0 Å². The fraction of sp³-hybridized carbons (Fsp3) is 0.958. The molecular weight excluding hydrogens is 707 g/mol. The number of rotatable bonds is 22. The normalized spacial score (nSPS) is 12.5. The number of carbonyl (C=O) groups is 2. The van der Waals surface area contributed by atoms with Gasteiger partial charge in [0.15, 0.2) is 0 Å². The molecule has 0 heterocycles. The van der Waals surface area contributed by atoms with Crippen LogP contribution in [0.15, 0.2) is 0 Å². The summed E-state index contributed by atoms with van der Waals surface area (Å²) >= 11 is 0. The van der Waals surface area contributed by atoms with Gasteiger partial charge in [-0.2, -0.15) is 0 Å². The summed E-state index contributed by atoms with van der Waals surface area (Å²) in [6.07, 6.45) is 0. The molecule has 9 heteroatoms. The van der Waals surface area contributed by atoms with Crippen LogP contribution in [0.25, 0.3) is 0 Å². The second-order valence-corrected chi connectivity index (χ2v) is 19.7. The Morgan fingerprint density at radius 1 is 0.281 bits per heavy atom. The minimum absolute atomic E-state index is 0. The molecule has 0 aromatic carbocycles. The van der Waals surface area contributed by atoms with Gasteiger partial charge in [-0.15, -0.1) is 0 Å². The quantitative estimate of drug-likeness (QED) is 0.101. The van der Waals surface area contributed by atoms with Gasteiger partial charge in [0.25, 0.3) is 0 Å². The number of hydrazine groups is 1. The summed E-state index contributed by atoms with van der Waals surface area (Å²) in [7, 11) is 0. The fourth-order valence-corrected chi connectivity index (χ4v) is 7.55. The molecule has 0 spiro atoms. The zero-order chi connectivity index (χ0) is 44.9. The van der Waals surface area contributed by atoms with Crippen LogP contribution in [0, 0.1) is 11.8 Å². The Hall–Kier alpha value is -1.26. The molecule has 0 aromatic heterocycles. The first-order chi connectivity index (χ1) is 25.4. The number of carbonyl (C=O) groups excluding carboxylic acids is 2. The highest BCUT2D eigenvalue weighted by atomic mass is 16.2. The van der Waals surface area contributed by atoms with Crippen LogP contribution in [0.4, 0.5) is 0 Å². The van der Waals surface area contributed by atoms with Crippen molar-refractivity contribution < 1.29 is 9.59 Å². The Balaban J connectivity index is -0.000000371. The number of hydrogen-bond acceptors (Lipinski definition) is 7. The van der Waals surface area contributed by atoms with Crippen molar-refractivity contribution in [2.75, 3.05) is 39.3 Å². The third-order valence-corrected chi connectivity index (χ3v) is 10.6. The molecule has 0 aliphatic carbocycles. The van der Waals surface area contributed by atoms with Crippen molar-refractivity contribution in [2.24, 2.45) is 11.8 Å². The van der Waals surface area contributed by atoms with Gasteiger partial charge in [-0.05, 0) is 152 Å². The highest BCUT2D eigenvalue weighted by Gasteiger charge is 2.32. The van der Waals surface area contributed by atoms with E-state index in [0.717, 1.165) is 26.2 Å². The zero-order valence-corrected chi connectivity index (χ0v) is 42.7. The Kier molecular flexibility index (Phi) is 34.6. The largest absolute Gasteiger partial charge is 0.298 e. The lowest BCUT2D eigenvalue weighted by molar-refractivity contribution is -0.176. The van der Waals surface area contributed by atoms with Crippen molar-refractivity contribution >= 4 is 11.8 Å². The van der Waals surface area contributed by atoms with Gasteiger partial charge in [-0.3, -0.25) is 34.1 Å². The molecule has 2 amide bonds. The average molecular weight is 814 g/mol. The lowest BCUT2D eigenvalue weighted by Gasteiger charge is -2.42. The smallest absolute Gasteiger partial charge is 0.243 e. The molecule has 0 saturated carbocycles. The van der Waals surface area contributed by atoms with Crippen LogP contribution in [0.1, 0.15) is 187 Å². The summed E-state index contributed by atoms with van der Waals surface area (Å²) in [5, 5.41) is 3.22. The van der Waals surface area contributed by atoms with E-state index in [-0.39, 0.29) is 43.2 Å². The van der Waals surface area contributed by atoms with Gasteiger partial charge in [0.05, 0.1) is 0 Å². The maximum Gasteiger partial charge on any atom is 0.243 e. The Morgan fingerprint density at radius 2 is 0.456 bits per heavy atom. The van der Waals surface area contributed by atoms with Crippen LogP contribution < -0.4 is 0 Å². The number of amides is 2. The third-order valence-electron chi connectivity index (χ3n) is 10.6. The van der Waals surface area contributed by atoms with Crippen molar-refractivity contribution in [3.8, 4) is 0 Å². The molecule has 57 heavy (non-hydrogen) atoms. The van der Waals surface area contributed by atoms with Gasteiger partial charge in [-0.25, -0.2) is 10.0 Å². The minimum atomic E-state index is -0.117. The summed E-state index contributed by atoms with van der Waals surface area (Å²) in [6.45, 7) is 63.5. The molecule has 0 N–H and O–H groups in total. The molecule has 0 rings (SSSR count). The zero-order valence-electron chi connectivity index (χ0n) is 42.7. The predicted molar refractivity (Wildman–Crippen MR) is 255 cm³/mol. The van der Waals surface area contributed by atoms with Gasteiger partial charge >= 0.3 is 0 Å². The molecule has 0 radical (unpaired) electrons. The number of nitrogens with zero attached hydrogens (tertiary/aromatic N) is 7. The molecule has 0 aliphatic rings. The summed E-state index contributed by atoms with van der Waals surface area (Å²) < 4.78 is 0. The summed E-state index contributed by atoms with van der Waals surface area (Å²) in [5.41, 5.74) is 0. The topological polar surface area (TPSA) is 56.8 Å². The molecule has 0 saturated heterocycles. The van der Waals surface area contributed by atoms with Crippen LogP contribution in [0.5, 0.6) is 0 Å². The van der Waals surface area contributed by atoms with E-state index in [2.05, 4.69) is 149 Å². The molecule has 9 nitrogen and oxygen atoms in total. The predicted octanol–water partition coefficient (Wildman–Crippen LogP) is 10.5. The van der Waals surface area contributed by atoms with E-state index in [0.29, 0.717) is 54.4 Å². The Labute approximate surface area is 360 Å². The van der Waals surface area contributed by atoms with Crippen molar-refractivity contribution in [3.63, 3.8) is 0 Å². The van der Waals surface area contributed by atoms with Crippen LogP contribution in [-0.4, -0.2) is 152 Å². The maximum absolute atomic E-state index is 12.3. The first-order valence-electron chi connectivity index (χ1n) is 22.9. The molecule has 0 unspecified atom stereocenters. The maximum atomic E-state index is 12.3. The van der Waals surface area contributed by atoms with E-state index in [1.54, 1.807) is 10.0 Å². The Bertz CT molecular complexity index is 883. The summed E-state index contributed by atoms with van der Waals surface area (Å²) in [5.74, 6) is -0.248. The van der Waals surface area contributed by atoms with Crippen LogP contribution in [-0.2, 0) is 9.59 Å². The van der Waals surface area contributed by atoms with Gasteiger partial charge in [-0.1, -0.05) is 35.1 Å². The number of hydrogen-bond donors (Lipinski definition) is 0. The van der Waals surface area contributed by atoms with Crippen LogP contribution in [0.2, 0.25) is 0 Å². The molecule has 0 aliphatic heterocycles. The molecular formula is C48H107N7O2.